The number of ether oxygens (including phenoxy) is 7. The number of thiazole rings is 2. The van der Waals surface area contributed by atoms with Crippen molar-refractivity contribution in [2.75, 3.05) is 69.4 Å². The normalized spacial score (nSPS) is 15.3. The van der Waals surface area contributed by atoms with Gasteiger partial charge in [0.05, 0.1) is 90.9 Å². The first-order chi connectivity index (χ1) is 57.9. The highest BCUT2D eigenvalue weighted by Crippen LogP contribution is 2.37. The van der Waals surface area contributed by atoms with E-state index in [4.69, 9.17) is 82.7 Å². The number of para-hydroxylation sites is 2. The zero-order valence-corrected chi connectivity index (χ0v) is 69.9. The van der Waals surface area contributed by atoms with Gasteiger partial charge in [-0.3, -0.25) is 14.4 Å². The van der Waals surface area contributed by atoms with Gasteiger partial charge in [-0.1, -0.05) is 119 Å². The van der Waals surface area contributed by atoms with Crippen molar-refractivity contribution < 1.29 is 86.5 Å². The average molecular weight is 1660 g/mol. The van der Waals surface area contributed by atoms with Crippen molar-refractivity contribution in [3.63, 3.8) is 0 Å². The van der Waals surface area contributed by atoms with Crippen molar-refractivity contribution in [1.29, 1.82) is 0 Å². The van der Waals surface area contributed by atoms with E-state index in [0.717, 1.165) is 165 Å². The monoisotopic (exact) mass is 1650 g/mol. The van der Waals surface area contributed by atoms with Crippen LogP contribution in [0.15, 0.2) is 169 Å². The molecule has 0 saturated heterocycles. The zero-order valence-electron chi connectivity index (χ0n) is 68.2. The van der Waals surface area contributed by atoms with E-state index in [1.807, 2.05) is 58.5 Å². The topological polar surface area (TPSA) is 262 Å². The maximum absolute atomic E-state index is 14.1. The summed E-state index contributed by atoms with van der Waals surface area (Å²) in [7, 11) is 0. The summed E-state index contributed by atoms with van der Waals surface area (Å²) in [5, 5.41) is 15.3. The predicted molar refractivity (Wildman–Crippen MR) is 459 cm³/mol. The molecule has 2 aromatic heterocycles. The van der Waals surface area contributed by atoms with Gasteiger partial charge in [-0.05, 0) is 249 Å². The van der Waals surface area contributed by atoms with Gasteiger partial charge in [0.2, 0.25) is 10.3 Å². The number of hydrogen-bond acceptors (Lipinski definition) is 26. The highest BCUT2D eigenvalue weighted by atomic mass is 32.1. The number of esters is 5. The number of benzene rings is 6. The van der Waals surface area contributed by atoms with E-state index in [9.17, 15) is 24.0 Å². The van der Waals surface area contributed by atoms with Crippen molar-refractivity contribution in [2.45, 2.75) is 194 Å². The summed E-state index contributed by atoms with van der Waals surface area (Å²) in [6, 6.07) is 40.7. The molecule has 8 aromatic rings. The number of fused-ring (bicyclic) bond motifs is 2. The lowest BCUT2D eigenvalue weighted by atomic mass is 9.82. The minimum Gasteiger partial charge on any atom is -0.494 e. The molecule has 632 valence electrons. The standard InChI is InChI=1S/C92H114N6O18S2/c1-5-9-11-23-55-97(91-95-80-30-19-21-32-84(80)117-91)93-64-72-63-79(52-53-82(72)113-90(103)71-41-37-68(38-42-71)66-109-114-77-49-45-75(46-50-77)105-58-26-14-16-28-60-107-87(100)8-4)115-108-61-29-17-18-34-88(101)111-78-51-54-83(73(62-78)65-94-98(56-24-12-10-6-2)92-96-81-31-20-22-33-85(81)118-92)116-110-67-69-35-39-70(40-36-69)89(102)112-76-47-43-74(44-48-76)104-57-25-13-15-27-59-106-86(99)7-3/h7-8,19-22,30-33,43-54,62-65,68-71H,3-6,9-18,23-29,34-42,55-61,66-67H2,1-2H3/b93-64+,94-65+. The average Bonchev–Trinajstić information content (AvgIpc) is 1.71. The number of hydrazone groups is 2. The molecule has 2 aliphatic carbocycles. The minimum atomic E-state index is -0.406. The molecule has 10 rings (SSSR count). The molecule has 2 fully saturated rings. The molecule has 26 heteroatoms. The summed E-state index contributed by atoms with van der Waals surface area (Å²) in [5.41, 5.74) is 2.83. The number of carbonyl (C=O) groups excluding carboxylic acids is 5. The highest BCUT2D eigenvalue weighted by molar-refractivity contribution is 7.22. The molecular weight excluding hydrogens is 1540 g/mol. The summed E-state index contributed by atoms with van der Waals surface area (Å²) in [5.74, 6) is 1.86. The van der Waals surface area contributed by atoms with Gasteiger partial charge in [0.1, 0.15) is 28.7 Å². The maximum Gasteiger partial charge on any atom is 0.330 e. The Hall–Kier alpha value is -10.3. The van der Waals surface area contributed by atoms with Gasteiger partial charge in [0.25, 0.3) is 0 Å². The Kier molecular flexibility index (Phi) is 39.1. The molecular formula is C92H114N6O18S2. The largest absolute Gasteiger partial charge is 0.494 e. The predicted octanol–water partition coefficient (Wildman–Crippen LogP) is 21.0. The summed E-state index contributed by atoms with van der Waals surface area (Å²) in [4.78, 5) is 108. The third-order valence-electron chi connectivity index (χ3n) is 20.4. The van der Waals surface area contributed by atoms with E-state index in [0.29, 0.717) is 149 Å². The van der Waals surface area contributed by atoms with Gasteiger partial charge in [0.15, 0.2) is 17.2 Å². The Morgan fingerprint density at radius 2 is 0.856 bits per heavy atom. The van der Waals surface area contributed by atoms with E-state index in [-0.39, 0.29) is 48.6 Å². The molecule has 2 heterocycles. The summed E-state index contributed by atoms with van der Waals surface area (Å²) >= 11 is 3.14. The Morgan fingerprint density at radius 1 is 0.424 bits per heavy atom. The van der Waals surface area contributed by atoms with Crippen LogP contribution in [0.5, 0.6) is 46.0 Å². The number of carbonyl (C=O) groups is 5. The molecule has 0 amide bonds. The van der Waals surface area contributed by atoms with E-state index in [2.05, 4.69) is 39.1 Å². The third-order valence-corrected chi connectivity index (χ3v) is 22.5. The SMILES string of the molecule is C=CC(=O)OCCCCCCOc1ccc(OOCC2CCC(C(=O)Oc3ccc(OOCCCCCC(=O)Oc4ccc(OOCC5CCC(C(=O)Oc6ccc(OCCCCCCOC(=O)C=C)cc6)CC5)c(/C=N/N(CCCCCC)c5nc6ccccc6s5)c4)cc3/C=N/N(CCCCCC)c3nc4ccccc4s3)CC2)cc1. The number of nitrogens with zero attached hydrogens (tertiary/aromatic N) is 6. The number of unbranched alkanes of at least 4 members (excludes halogenated alkanes) is 14. The van der Waals surface area contributed by atoms with Gasteiger partial charge in [-0.15, -0.1) is 0 Å². The third kappa shape index (κ3) is 31.6. The lowest BCUT2D eigenvalue weighted by molar-refractivity contribution is -0.218. The first-order valence-electron chi connectivity index (χ1n) is 42.1. The van der Waals surface area contributed by atoms with Crippen molar-refractivity contribution in [1.82, 2.24) is 9.97 Å². The van der Waals surface area contributed by atoms with Crippen LogP contribution >= 0.6 is 22.7 Å². The van der Waals surface area contributed by atoms with Crippen molar-refractivity contribution in [2.24, 2.45) is 33.9 Å². The molecule has 0 aliphatic heterocycles. The Balaban J connectivity index is 0.693. The molecule has 0 bridgehead atoms. The van der Waals surface area contributed by atoms with Gasteiger partial charge >= 0.3 is 29.8 Å². The molecule has 0 spiro atoms. The Morgan fingerprint density at radius 3 is 1.39 bits per heavy atom. The van der Waals surface area contributed by atoms with Crippen molar-refractivity contribution in [3.05, 3.63) is 170 Å². The minimum absolute atomic E-state index is 0.141. The van der Waals surface area contributed by atoms with Crippen LogP contribution in [-0.2, 0) is 48.1 Å². The molecule has 24 nitrogen and oxygen atoms in total. The van der Waals surface area contributed by atoms with Crippen molar-refractivity contribution in [3.8, 4) is 46.0 Å². The fourth-order valence-electron chi connectivity index (χ4n) is 13.5. The number of aromatic nitrogens is 2. The number of rotatable bonds is 55. The van der Waals surface area contributed by atoms with Crippen LogP contribution in [0.2, 0.25) is 0 Å². The first-order valence-corrected chi connectivity index (χ1v) is 43.7. The van der Waals surface area contributed by atoms with E-state index in [1.165, 1.54) is 12.2 Å². The van der Waals surface area contributed by atoms with Gasteiger partial charge in [-0.25, -0.2) is 29.6 Å². The van der Waals surface area contributed by atoms with E-state index in [1.54, 1.807) is 108 Å². The molecule has 2 saturated carbocycles. The van der Waals surface area contributed by atoms with Crippen molar-refractivity contribution >= 4 is 95.6 Å². The van der Waals surface area contributed by atoms with E-state index >= 15 is 0 Å². The van der Waals surface area contributed by atoms with Crippen LogP contribution in [0.4, 0.5) is 10.3 Å². The van der Waals surface area contributed by atoms with Gasteiger partial charge in [-0.2, -0.15) is 24.9 Å². The molecule has 0 unspecified atom stereocenters. The van der Waals surface area contributed by atoms with Crippen LogP contribution < -0.4 is 48.4 Å². The molecule has 0 atom stereocenters. The van der Waals surface area contributed by atoms with Crippen LogP contribution in [0.1, 0.15) is 205 Å². The Bertz CT molecular complexity index is 4370. The van der Waals surface area contributed by atoms with E-state index < -0.39 is 17.9 Å². The molecule has 0 radical (unpaired) electrons. The molecule has 6 aromatic carbocycles. The van der Waals surface area contributed by atoms with Crippen LogP contribution in [0, 0.1) is 23.7 Å². The smallest absolute Gasteiger partial charge is 0.330 e. The second kappa shape index (κ2) is 51.2. The van der Waals surface area contributed by atoms with Gasteiger partial charge in [0, 0.05) is 42.8 Å². The zero-order chi connectivity index (χ0) is 82.6. The van der Waals surface area contributed by atoms with Crippen LogP contribution in [0.25, 0.3) is 20.4 Å². The Labute approximate surface area is 700 Å². The lowest BCUT2D eigenvalue weighted by Gasteiger charge is -2.26. The molecule has 2 aliphatic rings. The van der Waals surface area contributed by atoms with Gasteiger partial charge < -0.3 is 47.8 Å². The molecule has 118 heavy (non-hydrogen) atoms. The fourth-order valence-corrected chi connectivity index (χ4v) is 15.4. The number of hydrogen-bond donors (Lipinski definition) is 0. The summed E-state index contributed by atoms with van der Waals surface area (Å²) in [6.45, 7) is 15.3. The summed E-state index contributed by atoms with van der Waals surface area (Å²) < 4.78 is 42.0. The fraction of sp³-hybridized carbons (Fsp3) is 0.467. The second-order valence-electron chi connectivity index (χ2n) is 29.6. The lowest BCUT2D eigenvalue weighted by Crippen LogP contribution is -2.27. The first kappa shape index (κ1) is 90.1. The second-order valence-corrected chi connectivity index (χ2v) is 31.6. The maximum atomic E-state index is 14.1. The summed E-state index contributed by atoms with van der Waals surface area (Å²) in [6.07, 6.45) is 28.6. The quantitative estimate of drug-likeness (QED) is 0.00652. The highest BCUT2D eigenvalue weighted by Gasteiger charge is 2.31. The van der Waals surface area contributed by atoms with Crippen LogP contribution in [-0.4, -0.2) is 112 Å². The van der Waals surface area contributed by atoms with Crippen LogP contribution in [0.3, 0.4) is 0 Å². The molecule has 0 N–H and O–H groups in total. The number of anilines is 2.